The van der Waals surface area contributed by atoms with E-state index >= 15 is 0 Å². The summed E-state index contributed by atoms with van der Waals surface area (Å²) in [6.07, 6.45) is 3.59. The number of nitrogens with zero attached hydrogens (tertiary/aromatic N) is 3. The van der Waals surface area contributed by atoms with Crippen LogP contribution < -0.4 is 5.32 Å². The van der Waals surface area contributed by atoms with Gasteiger partial charge in [-0.15, -0.1) is 11.8 Å². The summed E-state index contributed by atoms with van der Waals surface area (Å²) in [6, 6.07) is 12.9. The lowest BCUT2D eigenvalue weighted by molar-refractivity contribution is -0.116. The van der Waals surface area contributed by atoms with Gasteiger partial charge in [0.1, 0.15) is 5.76 Å². The third-order valence-corrected chi connectivity index (χ3v) is 4.94. The summed E-state index contributed by atoms with van der Waals surface area (Å²) < 4.78 is 4.90. The summed E-state index contributed by atoms with van der Waals surface area (Å²) in [5.41, 5.74) is 1.67. The van der Waals surface area contributed by atoms with E-state index in [-0.39, 0.29) is 18.4 Å². The van der Waals surface area contributed by atoms with Crippen molar-refractivity contribution in [1.29, 1.82) is 0 Å². The minimum absolute atomic E-state index is 0.0811. The summed E-state index contributed by atoms with van der Waals surface area (Å²) >= 11 is 1.67. The molecule has 0 radical (unpaired) electrons. The number of likely N-dealkylation sites (N-methyl/N-ethyl adjacent to an activating group) is 1. The molecular weight excluding hydrogens is 376 g/mol. The molecule has 144 valence electrons. The largest absolute Gasteiger partial charge is 0.360 e. The first-order chi connectivity index (χ1) is 13.5. The lowest BCUT2D eigenvalue weighted by atomic mass is 10.2. The second-order valence-corrected chi connectivity index (χ2v) is 7.26. The summed E-state index contributed by atoms with van der Waals surface area (Å²) in [5, 5.41) is 6.29. The number of benzene rings is 1. The van der Waals surface area contributed by atoms with Crippen LogP contribution in [0.25, 0.3) is 0 Å². The third kappa shape index (κ3) is 5.43. The van der Waals surface area contributed by atoms with Gasteiger partial charge in [-0.25, -0.2) is 0 Å². The minimum atomic E-state index is -0.340. The van der Waals surface area contributed by atoms with Crippen molar-refractivity contribution in [3.05, 3.63) is 71.7 Å². The van der Waals surface area contributed by atoms with E-state index in [2.05, 4.69) is 15.5 Å². The van der Waals surface area contributed by atoms with E-state index in [1.54, 1.807) is 50.1 Å². The minimum Gasteiger partial charge on any atom is -0.360 e. The van der Waals surface area contributed by atoms with Crippen molar-refractivity contribution >= 4 is 29.4 Å². The van der Waals surface area contributed by atoms with Gasteiger partial charge in [0.2, 0.25) is 5.91 Å². The number of anilines is 1. The van der Waals surface area contributed by atoms with E-state index in [0.717, 1.165) is 16.2 Å². The lowest BCUT2D eigenvalue weighted by Gasteiger charge is -2.16. The maximum atomic E-state index is 12.5. The zero-order chi connectivity index (χ0) is 19.9. The Hall–Kier alpha value is -3.13. The number of aromatic nitrogens is 2. The second kappa shape index (κ2) is 9.18. The predicted octanol–water partition coefficient (Wildman–Crippen LogP) is 3.38. The van der Waals surface area contributed by atoms with Gasteiger partial charge in [0.25, 0.3) is 5.91 Å². The van der Waals surface area contributed by atoms with E-state index in [4.69, 9.17) is 4.52 Å². The van der Waals surface area contributed by atoms with Crippen LogP contribution in [0.4, 0.5) is 5.82 Å². The quantitative estimate of drug-likeness (QED) is 0.616. The van der Waals surface area contributed by atoms with Crippen molar-refractivity contribution in [3.8, 4) is 0 Å². The molecule has 7 nitrogen and oxygen atoms in total. The second-order valence-electron chi connectivity index (χ2n) is 6.21. The van der Waals surface area contributed by atoms with E-state index < -0.39 is 0 Å². The normalized spacial score (nSPS) is 10.5. The van der Waals surface area contributed by atoms with Gasteiger partial charge in [0, 0.05) is 41.7 Å². The number of aryl methyl sites for hydroxylation is 1. The molecule has 0 spiro atoms. The first kappa shape index (κ1) is 19.6. The molecule has 3 aromatic rings. The maximum Gasteiger partial charge on any atom is 0.254 e. The Morgan fingerprint density at radius 3 is 2.64 bits per heavy atom. The van der Waals surface area contributed by atoms with Crippen LogP contribution in [0.2, 0.25) is 0 Å². The van der Waals surface area contributed by atoms with E-state index in [1.807, 2.05) is 30.5 Å². The van der Waals surface area contributed by atoms with Gasteiger partial charge in [-0.2, -0.15) is 0 Å². The fraction of sp³-hybridized carbons (Fsp3) is 0.200. The topological polar surface area (TPSA) is 88.3 Å². The first-order valence-corrected chi connectivity index (χ1v) is 9.60. The Labute approximate surface area is 167 Å². The van der Waals surface area contributed by atoms with Crippen molar-refractivity contribution in [3.63, 3.8) is 0 Å². The maximum absolute atomic E-state index is 12.5. The number of hydrogen-bond acceptors (Lipinski definition) is 6. The van der Waals surface area contributed by atoms with Crippen molar-refractivity contribution in [2.24, 2.45) is 0 Å². The number of nitrogens with one attached hydrogen (secondary N) is 1. The third-order valence-electron chi connectivity index (χ3n) is 3.85. The highest BCUT2D eigenvalue weighted by Crippen LogP contribution is 2.23. The Morgan fingerprint density at radius 1 is 1.21 bits per heavy atom. The number of pyridine rings is 1. The molecule has 0 atom stereocenters. The van der Waals surface area contributed by atoms with E-state index in [0.29, 0.717) is 17.1 Å². The molecular formula is C20H20N4O3S. The molecule has 28 heavy (non-hydrogen) atoms. The van der Waals surface area contributed by atoms with Gasteiger partial charge in [-0.1, -0.05) is 11.2 Å². The summed E-state index contributed by atoms with van der Waals surface area (Å²) in [6.45, 7) is 1.65. The molecule has 0 fully saturated rings. The van der Waals surface area contributed by atoms with Crippen molar-refractivity contribution < 1.29 is 14.1 Å². The first-order valence-electron chi connectivity index (χ1n) is 8.61. The standard InChI is InChI=1S/C20H20N4O3S/c1-14-10-18(23-27-14)22-19(25)12-24(2)20(26)16-5-7-17(8-6-16)28-13-15-4-3-9-21-11-15/h3-11H,12-13H2,1-2H3,(H,22,23,25). The van der Waals surface area contributed by atoms with Crippen LogP contribution >= 0.6 is 11.8 Å². The predicted molar refractivity (Wildman–Crippen MR) is 107 cm³/mol. The molecule has 2 aromatic heterocycles. The van der Waals surface area contributed by atoms with Crippen LogP contribution in [0, 0.1) is 6.92 Å². The zero-order valence-corrected chi connectivity index (χ0v) is 16.4. The molecule has 0 bridgehead atoms. The van der Waals surface area contributed by atoms with Crippen LogP contribution in [-0.2, 0) is 10.5 Å². The number of amides is 2. The molecule has 0 aliphatic carbocycles. The molecule has 0 unspecified atom stereocenters. The van der Waals surface area contributed by atoms with Gasteiger partial charge in [0.15, 0.2) is 5.82 Å². The zero-order valence-electron chi connectivity index (χ0n) is 15.6. The van der Waals surface area contributed by atoms with Gasteiger partial charge in [0.05, 0.1) is 6.54 Å². The summed E-state index contributed by atoms with van der Waals surface area (Å²) in [7, 11) is 1.58. The van der Waals surface area contributed by atoms with Crippen LogP contribution in [-0.4, -0.2) is 40.4 Å². The SMILES string of the molecule is Cc1cc(NC(=O)CN(C)C(=O)c2ccc(SCc3cccnc3)cc2)no1. The van der Waals surface area contributed by atoms with Gasteiger partial charge in [-0.05, 0) is 42.8 Å². The summed E-state index contributed by atoms with van der Waals surface area (Å²) in [4.78, 5) is 31.1. The number of carbonyl (C=O) groups is 2. The molecule has 0 saturated heterocycles. The lowest BCUT2D eigenvalue weighted by Crippen LogP contribution is -2.34. The Morgan fingerprint density at radius 2 is 2.00 bits per heavy atom. The van der Waals surface area contributed by atoms with Crippen LogP contribution in [0.15, 0.2) is 64.3 Å². The number of hydrogen-bond donors (Lipinski definition) is 1. The monoisotopic (exact) mass is 396 g/mol. The molecule has 1 N–H and O–H groups in total. The molecule has 0 saturated carbocycles. The van der Waals surface area contributed by atoms with Crippen molar-refractivity contribution in [1.82, 2.24) is 15.0 Å². The average Bonchev–Trinajstić information content (AvgIpc) is 3.11. The number of carbonyl (C=O) groups excluding carboxylic acids is 2. The molecule has 8 heteroatoms. The van der Waals surface area contributed by atoms with Gasteiger partial charge < -0.3 is 14.7 Å². The van der Waals surface area contributed by atoms with E-state index in [9.17, 15) is 9.59 Å². The Kier molecular flexibility index (Phi) is 6.44. The highest BCUT2D eigenvalue weighted by molar-refractivity contribution is 7.98. The molecule has 3 rings (SSSR count). The molecule has 0 aliphatic heterocycles. The fourth-order valence-corrected chi connectivity index (χ4v) is 3.29. The molecule has 0 aliphatic rings. The smallest absolute Gasteiger partial charge is 0.254 e. The Bertz CT molecular complexity index is 942. The van der Waals surface area contributed by atoms with Crippen LogP contribution in [0.5, 0.6) is 0 Å². The van der Waals surface area contributed by atoms with Gasteiger partial charge >= 0.3 is 0 Å². The Balaban J connectivity index is 1.52. The fourth-order valence-electron chi connectivity index (χ4n) is 2.46. The number of rotatable bonds is 7. The summed E-state index contributed by atoms with van der Waals surface area (Å²) in [5.74, 6) is 1.17. The van der Waals surface area contributed by atoms with Crippen LogP contribution in [0.3, 0.4) is 0 Å². The molecule has 1 aromatic carbocycles. The van der Waals surface area contributed by atoms with Crippen molar-refractivity contribution in [2.75, 3.05) is 18.9 Å². The molecule has 2 amide bonds. The van der Waals surface area contributed by atoms with Gasteiger partial charge in [-0.3, -0.25) is 14.6 Å². The highest BCUT2D eigenvalue weighted by atomic mass is 32.2. The average molecular weight is 396 g/mol. The molecule has 2 heterocycles. The van der Waals surface area contributed by atoms with Crippen molar-refractivity contribution in [2.45, 2.75) is 17.6 Å². The number of thioether (sulfide) groups is 1. The van der Waals surface area contributed by atoms with E-state index in [1.165, 1.54) is 4.90 Å². The van der Waals surface area contributed by atoms with Crippen LogP contribution in [0.1, 0.15) is 21.7 Å². The highest BCUT2D eigenvalue weighted by Gasteiger charge is 2.16.